The first kappa shape index (κ1) is 33.6. The van der Waals surface area contributed by atoms with Crippen LogP contribution in [0.25, 0.3) is 88.9 Å². The fourth-order valence-corrected chi connectivity index (χ4v) is 10.7. The molecule has 2 unspecified atom stereocenters. The average molecular weight is 794 g/mol. The highest BCUT2D eigenvalue weighted by Crippen LogP contribution is 2.48. The van der Waals surface area contributed by atoms with Gasteiger partial charge < -0.3 is 9.47 Å². The zero-order valence-electron chi connectivity index (χ0n) is 33.4. The zero-order chi connectivity index (χ0) is 40.5. The Morgan fingerprint density at radius 3 is 2.05 bits per heavy atom. The number of rotatable bonds is 4. The Labute approximate surface area is 356 Å². The molecular formula is C55H35N7. The van der Waals surface area contributed by atoms with Gasteiger partial charge in [0, 0.05) is 50.5 Å². The number of hydrogen-bond acceptors (Lipinski definition) is 4. The van der Waals surface area contributed by atoms with Crippen molar-refractivity contribution in [2.75, 3.05) is 4.90 Å². The minimum absolute atomic E-state index is 0.00694. The summed E-state index contributed by atoms with van der Waals surface area (Å²) in [6.07, 6.45) is 15.4. The second kappa shape index (κ2) is 12.7. The average Bonchev–Trinajstić information content (AvgIpc) is 4.06. The Hall–Kier alpha value is -8.21. The number of para-hydroxylation sites is 5. The molecule has 0 N–H and O–H groups in total. The second-order valence-corrected chi connectivity index (χ2v) is 16.5. The molecule has 14 rings (SSSR count). The molecule has 6 aromatic carbocycles. The summed E-state index contributed by atoms with van der Waals surface area (Å²) in [5.41, 5.74) is 12.7. The number of benzene rings is 5. The number of hydrogen-bond donors (Lipinski definition) is 0. The number of allylic oxidation sites excluding steroid dienone is 3. The van der Waals surface area contributed by atoms with E-state index >= 15 is 0 Å². The molecule has 0 saturated carbocycles. The van der Waals surface area contributed by atoms with Crippen LogP contribution in [-0.4, -0.2) is 34.7 Å². The van der Waals surface area contributed by atoms with Gasteiger partial charge in [-0.2, -0.15) is 4.98 Å². The van der Waals surface area contributed by atoms with E-state index in [4.69, 9.17) is 15.0 Å². The van der Waals surface area contributed by atoms with Crippen LogP contribution in [0.15, 0.2) is 170 Å². The molecule has 0 spiro atoms. The zero-order valence-corrected chi connectivity index (χ0v) is 33.4. The lowest BCUT2D eigenvalue weighted by Crippen LogP contribution is -2.30. The summed E-state index contributed by atoms with van der Waals surface area (Å²) in [7, 11) is 0. The first-order valence-electron chi connectivity index (χ1n) is 21.4. The van der Waals surface area contributed by atoms with Gasteiger partial charge in [0.2, 0.25) is 5.95 Å². The van der Waals surface area contributed by atoms with Crippen molar-refractivity contribution in [3.63, 3.8) is 0 Å². The first-order valence-corrected chi connectivity index (χ1v) is 21.4. The van der Waals surface area contributed by atoms with E-state index in [1.165, 1.54) is 22.2 Å². The van der Waals surface area contributed by atoms with Crippen LogP contribution >= 0.6 is 0 Å². The van der Waals surface area contributed by atoms with Gasteiger partial charge in [-0.25, -0.2) is 9.97 Å². The normalized spacial score (nSPS) is 16.5. The van der Waals surface area contributed by atoms with Gasteiger partial charge in [0.05, 0.1) is 44.7 Å². The van der Waals surface area contributed by atoms with Crippen molar-refractivity contribution in [2.45, 2.75) is 24.8 Å². The molecule has 5 aromatic heterocycles. The molecule has 62 heavy (non-hydrogen) atoms. The Bertz CT molecular complexity index is 3690. The molecular weight excluding hydrogens is 759 g/mol. The molecule has 2 atom stereocenters. The van der Waals surface area contributed by atoms with E-state index < -0.39 is 0 Å². The minimum Gasteiger partial charge on any atom is -0.311 e. The van der Waals surface area contributed by atoms with Gasteiger partial charge in [0.1, 0.15) is 16.9 Å². The van der Waals surface area contributed by atoms with E-state index in [0.717, 1.165) is 90.5 Å². The van der Waals surface area contributed by atoms with E-state index in [0.29, 0.717) is 11.5 Å². The molecule has 6 heterocycles. The summed E-state index contributed by atoms with van der Waals surface area (Å²) in [6, 6.07) is 56.3. The van der Waals surface area contributed by atoms with Gasteiger partial charge >= 0.3 is 0 Å². The van der Waals surface area contributed by atoms with Crippen LogP contribution in [0.4, 0.5) is 11.6 Å². The molecule has 11 aromatic rings. The number of nitrogens with zero attached hydrogens (tertiary/aromatic N) is 7. The van der Waals surface area contributed by atoms with Gasteiger partial charge in [0.25, 0.3) is 0 Å². The van der Waals surface area contributed by atoms with Gasteiger partial charge in [-0.1, -0.05) is 140 Å². The number of fused-ring (bicyclic) bond motifs is 13. The van der Waals surface area contributed by atoms with E-state index in [-0.39, 0.29) is 12.0 Å². The van der Waals surface area contributed by atoms with E-state index in [2.05, 4.69) is 201 Å². The Kier molecular flexibility index (Phi) is 6.86. The molecule has 7 nitrogen and oxygen atoms in total. The molecule has 3 aliphatic rings. The largest absolute Gasteiger partial charge is 0.311 e. The highest BCUT2D eigenvalue weighted by atomic mass is 15.3. The minimum atomic E-state index is 0.00694. The first-order chi connectivity index (χ1) is 30.8. The lowest BCUT2D eigenvalue weighted by atomic mass is 9.92. The van der Waals surface area contributed by atoms with Crippen LogP contribution in [0.5, 0.6) is 0 Å². The second-order valence-electron chi connectivity index (χ2n) is 16.5. The fourth-order valence-electron chi connectivity index (χ4n) is 10.7. The van der Waals surface area contributed by atoms with Crippen LogP contribution in [0.2, 0.25) is 0 Å². The monoisotopic (exact) mass is 793 g/mol. The third kappa shape index (κ3) is 4.53. The summed E-state index contributed by atoms with van der Waals surface area (Å²) in [6.45, 7) is 0. The molecule has 0 bridgehead atoms. The highest BCUT2D eigenvalue weighted by molar-refractivity contribution is 6.11. The Balaban J connectivity index is 1.19. The van der Waals surface area contributed by atoms with Crippen molar-refractivity contribution < 1.29 is 0 Å². The molecule has 0 saturated heterocycles. The third-order valence-corrected chi connectivity index (χ3v) is 13.3. The summed E-state index contributed by atoms with van der Waals surface area (Å²) in [5, 5.41) is 5.64. The standard InChI is InChI=1S/C55H35N7/c1-9-25-42-34(17-1)35-18-2-10-26-43(35)59(42)50-33-51(60-44-27-11-3-19-36(44)37-20-4-12-28-45(37)60)56-53-52(50)57-55(62-48-31-15-7-23-40(48)41-24-8-16-32-49(41)62)58-54(53)61-46-29-13-5-21-38(46)39-22-6-14-30-47(39)61/h1-3,5-9,11-19,21-25,27-33,40,48H,10,26H2. The summed E-state index contributed by atoms with van der Waals surface area (Å²) < 4.78 is 7.06. The van der Waals surface area contributed by atoms with Crippen molar-refractivity contribution in [1.82, 2.24) is 28.7 Å². The van der Waals surface area contributed by atoms with Crippen molar-refractivity contribution >= 4 is 83.3 Å². The van der Waals surface area contributed by atoms with Crippen LogP contribution in [0.3, 0.4) is 0 Å². The molecule has 0 fully saturated rings. The SMILES string of the molecule is c1ccc2c(c#1)c1ccccc1n2-c1cc(-n2c3c(c4ccccc42)C=CCC3)c2nc(N3c4ccccc4C4C=CC=CC43)nc(-n3c4ccccc4c4ccccc43)c2n1. The fraction of sp³-hybridized carbons (Fsp3) is 0.0727. The highest BCUT2D eigenvalue weighted by Gasteiger charge is 2.39. The molecule has 7 heteroatoms. The van der Waals surface area contributed by atoms with Crippen molar-refractivity contribution in [2.24, 2.45) is 0 Å². The van der Waals surface area contributed by atoms with Gasteiger partial charge in [-0.3, -0.25) is 9.13 Å². The molecule has 1 aliphatic heterocycles. The number of pyridine rings is 1. The molecule has 290 valence electrons. The number of anilines is 2. The summed E-state index contributed by atoms with van der Waals surface area (Å²) in [4.78, 5) is 19.6. The van der Waals surface area contributed by atoms with Crippen LogP contribution < -0.4 is 4.90 Å². The molecule has 0 amide bonds. The van der Waals surface area contributed by atoms with Crippen LogP contribution in [0, 0.1) is 12.1 Å². The van der Waals surface area contributed by atoms with E-state index in [1.54, 1.807) is 0 Å². The Morgan fingerprint density at radius 1 is 0.565 bits per heavy atom. The smallest absolute Gasteiger partial charge is 0.233 e. The van der Waals surface area contributed by atoms with Crippen molar-refractivity contribution in [3.8, 4) is 17.3 Å². The molecule has 0 radical (unpaired) electrons. The Morgan fingerprint density at radius 2 is 1.24 bits per heavy atom. The van der Waals surface area contributed by atoms with Gasteiger partial charge in [-0.05, 0) is 60.9 Å². The number of aromatic nitrogens is 6. The van der Waals surface area contributed by atoms with E-state index in [1.807, 2.05) is 6.07 Å². The van der Waals surface area contributed by atoms with Crippen LogP contribution in [0.1, 0.15) is 29.2 Å². The quantitative estimate of drug-likeness (QED) is 0.178. The van der Waals surface area contributed by atoms with Crippen LogP contribution in [-0.2, 0) is 6.42 Å². The summed E-state index contributed by atoms with van der Waals surface area (Å²) in [5.74, 6) is 2.31. The maximum Gasteiger partial charge on any atom is 0.233 e. The maximum atomic E-state index is 5.77. The molecule has 2 aliphatic carbocycles. The lowest BCUT2D eigenvalue weighted by molar-refractivity contribution is 0.730. The van der Waals surface area contributed by atoms with E-state index in [9.17, 15) is 0 Å². The topological polar surface area (TPSA) is 56.7 Å². The third-order valence-electron chi connectivity index (χ3n) is 13.3. The summed E-state index contributed by atoms with van der Waals surface area (Å²) >= 11 is 0. The lowest BCUT2D eigenvalue weighted by Gasteiger charge is -2.28. The predicted octanol–water partition coefficient (Wildman–Crippen LogP) is 12.5. The predicted molar refractivity (Wildman–Crippen MR) is 251 cm³/mol. The van der Waals surface area contributed by atoms with Gasteiger partial charge in [0.15, 0.2) is 5.82 Å². The van der Waals surface area contributed by atoms with Crippen molar-refractivity contribution in [1.29, 1.82) is 0 Å². The van der Waals surface area contributed by atoms with Gasteiger partial charge in [-0.15, -0.1) is 0 Å². The van der Waals surface area contributed by atoms with Crippen molar-refractivity contribution in [3.05, 3.63) is 199 Å². The maximum absolute atomic E-state index is 5.77.